The number of amides is 2. The standard InChI is InChI=1S/C25H33N3O5/c1-3-31-24-17-19(18-26-28-25(29)27-20-9-5-4-6-10-20)13-14-23(24)33-16-15-32-22-12-8-7-11-21(22)30-2/h7-8,11-14,17-18,20H,3-6,9-10,15-16H2,1-2H3,(H2,27,28,29). The third-order valence-corrected chi connectivity index (χ3v) is 5.26. The van der Waals surface area contributed by atoms with Crippen molar-refractivity contribution >= 4 is 12.2 Å². The lowest BCUT2D eigenvalue weighted by Crippen LogP contribution is -2.41. The zero-order chi connectivity index (χ0) is 23.3. The van der Waals surface area contributed by atoms with Gasteiger partial charge in [-0.1, -0.05) is 31.4 Å². The molecule has 2 aromatic rings. The highest BCUT2D eigenvalue weighted by molar-refractivity contribution is 5.82. The fourth-order valence-electron chi connectivity index (χ4n) is 3.66. The highest BCUT2D eigenvalue weighted by Crippen LogP contribution is 2.29. The predicted molar refractivity (Wildman–Crippen MR) is 128 cm³/mol. The summed E-state index contributed by atoms with van der Waals surface area (Å²) in [7, 11) is 1.61. The van der Waals surface area contributed by atoms with Crippen molar-refractivity contribution in [3.63, 3.8) is 0 Å². The number of hydrogen-bond acceptors (Lipinski definition) is 6. The first-order chi connectivity index (χ1) is 16.2. The Kier molecular flexibility index (Phi) is 9.69. The van der Waals surface area contributed by atoms with E-state index >= 15 is 0 Å². The van der Waals surface area contributed by atoms with E-state index in [1.165, 1.54) is 6.42 Å². The van der Waals surface area contributed by atoms with Gasteiger partial charge < -0.3 is 24.3 Å². The number of rotatable bonds is 11. The summed E-state index contributed by atoms with van der Waals surface area (Å²) in [6, 6.07) is 12.9. The second-order valence-electron chi connectivity index (χ2n) is 7.67. The third-order valence-electron chi connectivity index (χ3n) is 5.26. The fraction of sp³-hybridized carbons (Fsp3) is 0.440. The SMILES string of the molecule is CCOc1cc(C=NNC(=O)NC2CCCCC2)ccc1OCCOc1ccccc1OC. The van der Waals surface area contributed by atoms with Crippen molar-refractivity contribution in [3.05, 3.63) is 48.0 Å². The third kappa shape index (κ3) is 7.89. The van der Waals surface area contributed by atoms with Crippen LogP contribution in [0.5, 0.6) is 23.0 Å². The Morgan fingerprint density at radius 3 is 2.36 bits per heavy atom. The van der Waals surface area contributed by atoms with Gasteiger partial charge in [0, 0.05) is 6.04 Å². The Balaban J connectivity index is 1.49. The van der Waals surface area contributed by atoms with Gasteiger partial charge in [0.1, 0.15) is 13.2 Å². The van der Waals surface area contributed by atoms with Crippen LogP contribution in [0.25, 0.3) is 0 Å². The van der Waals surface area contributed by atoms with Gasteiger partial charge in [-0.3, -0.25) is 0 Å². The van der Waals surface area contributed by atoms with Crippen LogP contribution in [0.1, 0.15) is 44.6 Å². The van der Waals surface area contributed by atoms with E-state index in [0.717, 1.165) is 31.2 Å². The molecular weight excluding hydrogens is 422 g/mol. The molecule has 0 aromatic heterocycles. The van der Waals surface area contributed by atoms with Crippen molar-refractivity contribution in [2.45, 2.75) is 45.1 Å². The maximum Gasteiger partial charge on any atom is 0.335 e. The van der Waals surface area contributed by atoms with Gasteiger partial charge in [-0.25, -0.2) is 10.2 Å². The fourth-order valence-corrected chi connectivity index (χ4v) is 3.66. The lowest BCUT2D eigenvalue weighted by molar-refractivity contribution is 0.203. The average Bonchev–Trinajstić information content (AvgIpc) is 2.84. The lowest BCUT2D eigenvalue weighted by atomic mass is 9.96. The molecule has 0 atom stereocenters. The Labute approximate surface area is 195 Å². The van der Waals surface area contributed by atoms with E-state index in [1.54, 1.807) is 13.3 Å². The second-order valence-corrected chi connectivity index (χ2v) is 7.67. The van der Waals surface area contributed by atoms with Crippen LogP contribution in [0.15, 0.2) is 47.6 Å². The van der Waals surface area contributed by atoms with Crippen molar-refractivity contribution in [2.24, 2.45) is 5.10 Å². The summed E-state index contributed by atoms with van der Waals surface area (Å²) in [5.41, 5.74) is 3.32. The van der Waals surface area contributed by atoms with Crippen molar-refractivity contribution in [1.82, 2.24) is 10.7 Å². The first kappa shape index (κ1) is 24.2. The van der Waals surface area contributed by atoms with Crippen LogP contribution in [0.3, 0.4) is 0 Å². The summed E-state index contributed by atoms with van der Waals surface area (Å²) < 4.78 is 22.6. The van der Waals surface area contributed by atoms with Gasteiger partial charge in [-0.15, -0.1) is 0 Å². The normalized spacial score (nSPS) is 14.0. The largest absolute Gasteiger partial charge is 0.493 e. The van der Waals surface area contributed by atoms with E-state index in [2.05, 4.69) is 15.8 Å². The molecule has 0 spiro atoms. The van der Waals surface area contributed by atoms with Gasteiger partial charge in [0.15, 0.2) is 23.0 Å². The van der Waals surface area contributed by atoms with Crippen LogP contribution in [-0.2, 0) is 0 Å². The van der Waals surface area contributed by atoms with Crippen LogP contribution in [0.2, 0.25) is 0 Å². The highest BCUT2D eigenvalue weighted by Gasteiger charge is 2.15. The van der Waals surface area contributed by atoms with Gasteiger partial charge in [0.2, 0.25) is 0 Å². The Hall–Kier alpha value is -3.42. The first-order valence-corrected chi connectivity index (χ1v) is 11.4. The predicted octanol–water partition coefficient (Wildman–Crippen LogP) is 4.52. The molecule has 0 radical (unpaired) electrons. The Bertz CT molecular complexity index is 913. The molecule has 8 heteroatoms. The van der Waals surface area contributed by atoms with Gasteiger partial charge in [-0.05, 0) is 55.7 Å². The monoisotopic (exact) mass is 455 g/mol. The van der Waals surface area contributed by atoms with Crippen LogP contribution < -0.4 is 29.7 Å². The minimum Gasteiger partial charge on any atom is -0.493 e. The molecule has 1 fully saturated rings. The number of benzene rings is 2. The molecule has 33 heavy (non-hydrogen) atoms. The molecule has 0 bridgehead atoms. The highest BCUT2D eigenvalue weighted by atomic mass is 16.5. The molecule has 0 unspecified atom stereocenters. The van der Waals surface area contributed by atoms with Crippen LogP contribution >= 0.6 is 0 Å². The van der Waals surface area contributed by atoms with Gasteiger partial charge in [0.05, 0.1) is 19.9 Å². The molecular formula is C25H33N3O5. The van der Waals surface area contributed by atoms with Gasteiger partial charge in [0.25, 0.3) is 0 Å². The van der Waals surface area contributed by atoms with Crippen molar-refractivity contribution in [3.8, 4) is 23.0 Å². The molecule has 8 nitrogen and oxygen atoms in total. The Morgan fingerprint density at radius 1 is 0.970 bits per heavy atom. The van der Waals surface area contributed by atoms with E-state index in [-0.39, 0.29) is 12.1 Å². The van der Waals surface area contributed by atoms with Crippen LogP contribution in [0, 0.1) is 0 Å². The van der Waals surface area contributed by atoms with Gasteiger partial charge in [-0.2, -0.15) is 5.10 Å². The molecule has 0 aliphatic heterocycles. The quantitative estimate of drug-likeness (QED) is 0.295. The Morgan fingerprint density at radius 2 is 1.67 bits per heavy atom. The summed E-state index contributed by atoms with van der Waals surface area (Å²) in [5.74, 6) is 2.56. The zero-order valence-electron chi connectivity index (χ0n) is 19.3. The lowest BCUT2D eigenvalue weighted by Gasteiger charge is -2.22. The molecule has 1 saturated carbocycles. The number of carbonyl (C=O) groups is 1. The molecule has 2 N–H and O–H groups in total. The summed E-state index contributed by atoms with van der Waals surface area (Å²) in [6.45, 7) is 3.10. The maximum absolute atomic E-state index is 12.0. The summed E-state index contributed by atoms with van der Waals surface area (Å²) in [5, 5.41) is 7.01. The van der Waals surface area contributed by atoms with E-state index in [0.29, 0.717) is 42.8 Å². The smallest absolute Gasteiger partial charge is 0.335 e. The molecule has 1 aliphatic carbocycles. The van der Waals surface area contributed by atoms with Crippen molar-refractivity contribution < 1.29 is 23.7 Å². The summed E-state index contributed by atoms with van der Waals surface area (Å²) in [4.78, 5) is 12.0. The average molecular weight is 456 g/mol. The van der Waals surface area contributed by atoms with Gasteiger partial charge >= 0.3 is 6.03 Å². The zero-order valence-corrected chi connectivity index (χ0v) is 19.3. The minimum absolute atomic E-state index is 0.238. The second kappa shape index (κ2) is 13.2. The molecule has 2 amide bonds. The number of methoxy groups -OCH3 is 1. The molecule has 3 rings (SSSR count). The van der Waals surface area contributed by atoms with Crippen molar-refractivity contribution in [2.75, 3.05) is 26.9 Å². The number of para-hydroxylation sites is 2. The van der Waals surface area contributed by atoms with Crippen molar-refractivity contribution in [1.29, 1.82) is 0 Å². The first-order valence-electron chi connectivity index (χ1n) is 11.4. The molecule has 0 heterocycles. The number of hydrazone groups is 1. The number of urea groups is 1. The van der Waals surface area contributed by atoms with E-state index in [1.807, 2.05) is 49.4 Å². The molecule has 1 aliphatic rings. The summed E-state index contributed by atoms with van der Waals surface area (Å²) in [6.07, 6.45) is 7.21. The maximum atomic E-state index is 12.0. The van der Waals surface area contributed by atoms with E-state index in [4.69, 9.17) is 18.9 Å². The number of hydrogen-bond donors (Lipinski definition) is 2. The summed E-state index contributed by atoms with van der Waals surface area (Å²) >= 11 is 0. The van der Waals surface area contributed by atoms with Crippen LogP contribution in [-0.4, -0.2) is 45.2 Å². The molecule has 2 aromatic carbocycles. The number of nitrogens with zero attached hydrogens (tertiary/aromatic N) is 1. The number of nitrogens with one attached hydrogen (secondary N) is 2. The number of carbonyl (C=O) groups excluding carboxylic acids is 1. The molecule has 0 saturated heterocycles. The van der Waals surface area contributed by atoms with Crippen LogP contribution in [0.4, 0.5) is 4.79 Å². The minimum atomic E-state index is -0.279. The molecule has 178 valence electrons. The number of ether oxygens (including phenoxy) is 4. The van der Waals surface area contributed by atoms with E-state index < -0.39 is 0 Å². The topological polar surface area (TPSA) is 90.4 Å². The van der Waals surface area contributed by atoms with E-state index in [9.17, 15) is 4.79 Å².